The first-order valence-corrected chi connectivity index (χ1v) is 5.44. The summed E-state index contributed by atoms with van der Waals surface area (Å²) in [5.41, 5.74) is 6.50. The smallest absolute Gasteiger partial charge is 0.173 e. The first-order valence-electron chi connectivity index (χ1n) is 5.03. The van der Waals surface area contributed by atoms with Crippen LogP contribution in [0, 0.1) is 0 Å². The lowest BCUT2D eigenvalue weighted by Crippen LogP contribution is -2.17. The molecule has 0 fully saturated rings. The van der Waals surface area contributed by atoms with Gasteiger partial charge in [-0.1, -0.05) is 18.3 Å². The number of aromatic nitrogens is 4. The second kappa shape index (κ2) is 3.67. The Morgan fingerprint density at radius 3 is 2.82 bits per heavy atom. The molecular weight excluding hydrogens is 234 g/mol. The Morgan fingerprint density at radius 2 is 2.00 bits per heavy atom. The van der Waals surface area contributed by atoms with Crippen molar-refractivity contribution in [3.63, 3.8) is 0 Å². The topological polar surface area (TPSA) is 61.1 Å². The second-order valence-corrected chi connectivity index (χ2v) is 3.96. The van der Waals surface area contributed by atoms with Crippen molar-refractivity contribution in [2.24, 2.45) is 5.73 Å². The van der Waals surface area contributed by atoms with E-state index in [-0.39, 0.29) is 4.99 Å². The Labute approximate surface area is 103 Å². The predicted octanol–water partition coefficient (Wildman–Crippen LogP) is 1.15. The molecule has 3 aromatic heterocycles. The van der Waals surface area contributed by atoms with E-state index < -0.39 is 0 Å². The van der Waals surface area contributed by atoms with Gasteiger partial charge < -0.3 is 5.73 Å². The van der Waals surface area contributed by atoms with Crippen LogP contribution in [0.3, 0.4) is 0 Å². The average molecular weight is 243 g/mol. The second-order valence-electron chi connectivity index (χ2n) is 3.52. The van der Waals surface area contributed by atoms with Gasteiger partial charge in [0.05, 0.1) is 0 Å². The third kappa shape index (κ3) is 1.50. The van der Waals surface area contributed by atoms with Crippen molar-refractivity contribution in [2.45, 2.75) is 0 Å². The molecule has 0 spiro atoms. The summed E-state index contributed by atoms with van der Waals surface area (Å²) < 4.78 is 3.79. The molecule has 0 saturated heterocycles. The Hall–Kier alpha value is -2.21. The van der Waals surface area contributed by atoms with Gasteiger partial charge in [0.25, 0.3) is 0 Å². The molecule has 0 unspecified atom stereocenters. The summed E-state index contributed by atoms with van der Waals surface area (Å²) in [4.78, 5) is 8.65. The fraction of sp³-hybridized carbons (Fsp3) is 0. The van der Waals surface area contributed by atoms with Crippen LogP contribution in [0.1, 0.15) is 5.82 Å². The predicted molar refractivity (Wildman–Crippen MR) is 68.2 cm³/mol. The van der Waals surface area contributed by atoms with Gasteiger partial charge >= 0.3 is 0 Å². The molecule has 0 aromatic carbocycles. The highest BCUT2D eigenvalue weighted by atomic mass is 32.1. The van der Waals surface area contributed by atoms with Crippen LogP contribution in [0.5, 0.6) is 0 Å². The summed E-state index contributed by atoms with van der Waals surface area (Å²) in [5, 5.41) is 0. The summed E-state index contributed by atoms with van der Waals surface area (Å²) in [6.45, 7) is 0. The molecule has 0 aliphatic carbocycles. The number of fused-ring (bicyclic) bond motifs is 1. The number of pyridine rings is 1. The van der Waals surface area contributed by atoms with Gasteiger partial charge in [-0.25, -0.2) is 9.97 Å². The number of hydrogen-bond donors (Lipinski definition) is 1. The minimum Gasteiger partial charge on any atom is -0.387 e. The number of nitrogens with zero attached hydrogens (tertiary/aromatic N) is 4. The molecule has 2 N–H and O–H groups in total. The maximum atomic E-state index is 5.64. The molecule has 0 saturated carbocycles. The average Bonchev–Trinajstić information content (AvgIpc) is 2.97. The third-order valence-corrected chi connectivity index (χ3v) is 2.70. The summed E-state index contributed by atoms with van der Waals surface area (Å²) >= 11 is 4.97. The van der Waals surface area contributed by atoms with Gasteiger partial charge in [-0.2, -0.15) is 0 Å². The van der Waals surface area contributed by atoms with Crippen molar-refractivity contribution in [2.75, 3.05) is 0 Å². The van der Waals surface area contributed by atoms with E-state index in [9.17, 15) is 0 Å². The van der Waals surface area contributed by atoms with E-state index >= 15 is 0 Å². The molecule has 0 bridgehead atoms. The quantitative estimate of drug-likeness (QED) is 0.686. The Bertz CT molecular complexity index is 697. The Balaban J connectivity index is 2.30. The van der Waals surface area contributed by atoms with Crippen molar-refractivity contribution >= 4 is 22.9 Å². The van der Waals surface area contributed by atoms with Gasteiger partial charge in [0, 0.05) is 24.8 Å². The zero-order chi connectivity index (χ0) is 11.8. The molecule has 0 amide bonds. The third-order valence-electron chi connectivity index (χ3n) is 2.51. The lowest BCUT2D eigenvalue weighted by atomic mass is 10.4. The molecule has 17 heavy (non-hydrogen) atoms. The van der Waals surface area contributed by atoms with Crippen LogP contribution < -0.4 is 5.73 Å². The zero-order valence-electron chi connectivity index (χ0n) is 8.82. The van der Waals surface area contributed by atoms with Crippen molar-refractivity contribution in [3.05, 3.63) is 48.8 Å². The lowest BCUT2D eigenvalue weighted by Gasteiger charge is -2.08. The maximum Gasteiger partial charge on any atom is 0.173 e. The number of hydrogen-bond acceptors (Lipinski definition) is 3. The highest BCUT2D eigenvalue weighted by molar-refractivity contribution is 7.80. The highest BCUT2D eigenvalue weighted by Gasteiger charge is 2.09. The monoisotopic (exact) mass is 243 g/mol. The Morgan fingerprint density at radius 1 is 1.18 bits per heavy atom. The minimum absolute atomic E-state index is 0.270. The molecule has 0 aliphatic heterocycles. The van der Waals surface area contributed by atoms with Gasteiger partial charge in [0.15, 0.2) is 5.82 Å². The van der Waals surface area contributed by atoms with Crippen LogP contribution >= 0.6 is 12.2 Å². The van der Waals surface area contributed by atoms with Crippen molar-refractivity contribution in [3.8, 4) is 5.82 Å². The number of nitrogens with two attached hydrogens (primary N) is 1. The molecule has 0 radical (unpaired) electrons. The molecule has 0 atom stereocenters. The van der Waals surface area contributed by atoms with Crippen LogP contribution in [0.2, 0.25) is 0 Å². The van der Waals surface area contributed by atoms with E-state index in [0.29, 0.717) is 5.82 Å². The van der Waals surface area contributed by atoms with E-state index in [0.717, 1.165) is 11.5 Å². The molecule has 6 heteroatoms. The van der Waals surface area contributed by atoms with E-state index in [1.807, 2.05) is 39.6 Å². The zero-order valence-corrected chi connectivity index (χ0v) is 9.63. The number of rotatable bonds is 2. The van der Waals surface area contributed by atoms with Crippen molar-refractivity contribution in [1.82, 2.24) is 18.9 Å². The van der Waals surface area contributed by atoms with Crippen molar-refractivity contribution < 1.29 is 0 Å². The van der Waals surface area contributed by atoms with E-state index in [2.05, 4.69) is 9.97 Å². The van der Waals surface area contributed by atoms with Crippen LogP contribution in [0.15, 0.2) is 43.0 Å². The van der Waals surface area contributed by atoms with Crippen LogP contribution in [-0.2, 0) is 0 Å². The molecule has 5 nitrogen and oxygen atoms in total. The van der Waals surface area contributed by atoms with Gasteiger partial charge in [0.2, 0.25) is 0 Å². The number of imidazole rings is 2. The van der Waals surface area contributed by atoms with Crippen LogP contribution in [-0.4, -0.2) is 23.9 Å². The maximum absolute atomic E-state index is 5.64. The standard InChI is InChI=1S/C11H9N5S/c12-10(17)11-14-5-7-16(11)9-3-1-2-8-13-4-6-15(8)9/h1-7H,(H2,12,17). The summed E-state index contributed by atoms with van der Waals surface area (Å²) in [5.74, 6) is 1.47. The number of thiocarbonyl (C=S) groups is 1. The largest absolute Gasteiger partial charge is 0.387 e. The van der Waals surface area contributed by atoms with Gasteiger partial charge in [-0.15, -0.1) is 0 Å². The van der Waals surface area contributed by atoms with E-state index in [1.54, 1.807) is 12.4 Å². The summed E-state index contributed by atoms with van der Waals surface area (Å²) in [6.07, 6.45) is 7.12. The van der Waals surface area contributed by atoms with E-state index in [1.165, 1.54) is 0 Å². The Kier molecular flexibility index (Phi) is 2.15. The molecular formula is C11H9N5S. The molecule has 3 rings (SSSR count). The van der Waals surface area contributed by atoms with Crippen LogP contribution in [0.25, 0.3) is 11.5 Å². The fourth-order valence-electron chi connectivity index (χ4n) is 1.80. The first-order chi connectivity index (χ1) is 8.27. The molecule has 84 valence electrons. The minimum atomic E-state index is 0.270. The first kappa shape index (κ1) is 9.98. The van der Waals surface area contributed by atoms with Gasteiger partial charge in [-0.05, 0) is 12.1 Å². The normalized spacial score (nSPS) is 10.8. The molecule has 3 heterocycles. The lowest BCUT2D eigenvalue weighted by molar-refractivity contribution is 0.944. The van der Waals surface area contributed by atoms with Crippen molar-refractivity contribution in [1.29, 1.82) is 0 Å². The van der Waals surface area contributed by atoms with Gasteiger partial charge in [-0.3, -0.25) is 8.97 Å². The SMILES string of the molecule is NC(=S)c1nccn1-c1cccc2nccn12. The van der Waals surface area contributed by atoms with E-state index in [4.69, 9.17) is 18.0 Å². The summed E-state index contributed by atoms with van der Waals surface area (Å²) in [6, 6.07) is 5.82. The molecule has 3 aromatic rings. The molecule has 0 aliphatic rings. The summed E-state index contributed by atoms with van der Waals surface area (Å²) in [7, 11) is 0. The highest BCUT2D eigenvalue weighted by Crippen LogP contribution is 2.13. The fourth-order valence-corrected chi connectivity index (χ4v) is 1.95. The van der Waals surface area contributed by atoms with Gasteiger partial charge in [0.1, 0.15) is 16.5 Å². The van der Waals surface area contributed by atoms with Crippen LogP contribution in [0.4, 0.5) is 0 Å².